The molecule has 0 aromatic carbocycles. The molecule has 0 aliphatic heterocycles. The summed E-state index contributed by atoms with van der Waals surface area (Å²) in [4.78, 5) is 14.3. The molecule has 0 bridgehead atoms. The summed E-state index contributed by atoms with van der Waals surface area (Å²) in [6.45, 7) is 0.309. The van der Waals surface area contributed by atoms with Crippen LogP contribution < -0.4 is 0 Å². The average molecular weight is 207 g/mol. The molecular formula is C9H9N3O3. The molecule has 0 unspecified atom stereocenters. The Kier molecular flexibility index (Phi) is 2.49. The molecule has 0 amide bonds. The van der Waals surface area contributed by atoms with Gasteiger partial charge in [-0.15, -0.1) is 5.10 Å². The van der Waals surface area contributed by atoms with E-state index in [0.717, 1.165) is 0 Å². The average Bonchev–Trinajstić information content (AvgIpc) is 2.85. The van der Waals surface area contributed by atoms with Crippen molar-refractivity contribution in [2.75, 3.05) is 0 Å². The smallest absolute Gasteiger partial charge is 0.305 e. The molecule has 0 aliphatic carbocycles. The van der Waals surface area contributed by atoms with E-state index in [2.05, 4.69) is 10.1 Å². The quantitative estimate of drug-likeness (QED) is 0.809. The van der Waals surface area contributed by atoms with Gasteiger partial charge in [0.15, 0.2) is 5.76 Å². The van der Waals surface area contributed by atoms with Gasteiger partial charge in [-0.1, -0.05) is 0 Å². The first-order valence-electron chi connectivity index (χ1n) is 4.41. The minimum absolute atomic E-state index is 0.0287. The van der Waals surface area contributed by atoms with E-state index in [4.69, 9.17) is 9.52 Å². The van der Waals surface area contributed by atoms with Crippen LogP contribution in [-0.2, 0) is 11.3 Å². The Bertz CT molecular complexity index is 447. The molecule has 2 heterocycles. The second-order valence-corrected chi connectivity index (χ2v) is 2.95. The van der Waals surface area contributed by atoms with E-state index in [-0.39, 0.29) is 6.42 Å². The molecule has 0 saturated heterocycles. The summed E-state index contributed by atoms with van der Waals surface area (Å²) in [5.74, 6) is 0.180. The number of carboxylic acids is 1. The molecule has 1 N–H and O–H groups in total. The van der Waals surface area contributed by atoms with Crippen LogP contribution in [0.4, 0.5) is 0 Å². The highest BCUT2D eigenvalue weighted by Crippen LogP contribution is 2.13. The van der Waals surface area contributed by atoms with Crippen molar-refractivity contribution in [1.82, 2.24) is 14.8 Å². The number of hydrogen-bond acceptors (Lipinski definition) is 4. The first kappa shape index (κ1) is 9.45. The Balaban J connectivity index is 2.08. The van der Waals surface area contributed by atoms with Crippen LogP contribution in [0.5, 0.6) is 0 Å². The van der Waals surface area contributed by atoms with Crippen LogP contribution >= 0.6 is 0 Å². The molecule has 0 saturated carbocycles. The summed E-state index contributed by atoms with van der Waals surface area (Å²) in [5.41, 5.74) is 0. The predicted octanol–water partition coefficient (Wildman–Crippen LogP) is 1.01. The third kappa shape index (κ3) is 2.22. The predicted molar refractivity (Wildman–Crippen MR) is 50.0 cm³/mol. The lowest BCUT2D eigenvalue weighted by atomic mass is 10.4. The van der Waals surface area contributed by atoms with Gasteiger partial charge in [-0.25, -0.2) is 4.98 Å². The molecule has 2 aromatic heterocycles. The Hall–Kier alpha value is -2.11. The first-order chi connectivity index (χ1) is 7.25. The maximum Gasteiger partial charge on any atom is 0.305 e. The minimum Gasteiger partial charge on any atom is -0.481 e. The fourth-order valence-corrected chi connectivity index (χ4v) is 1.13. The largest absolute Gasteiger partial charge is 0.481 e. The van der Waals surface area contributed by atoms with Gasteiger partial charge in [0.25, 0.3) is 0 Å². The molecule has 0 spiro atoms. The van der Waals surface area contributed by atoms with Gasteiger partial charge >= 0.3 is 5.97 Å². The lowest BCUT2D eigenvalue weighted by molar-refractivity contribution is -0.137. The maximum atomic E-state index is 10.3. The monoisotopic (exact) mass is 207 g/mol. The molecule has 0 fully saturated rings. The second-order valence-electron chi connectivity index (χ2n) is 2.95. The normalized spacial score (nSPS) is 10.4. The van der Waals surface area contributed by atoms with Crippen molar-refractivity contribution in [2.45, 2.75) is 13.0 Å². The van der Waals surface area contributed by atoms with Gasteiger partial charge in [-0.2, -0.15) is 0 Å². The van der Waals surface area contributed by atoms with Crippen LogP contribution in [0.15, 0.2) is 29.1 Å². The number of carboxylic acid groups (broad SMARTS) is 1. The highest BCUT2D eigenvalue weighted by Gasteiger charge is 2.07. The highest BCUT2D eigenvalue weighted by molar-refractivity contribution is 5.66. The van der Waals surface area contributed by atoms with Gasteiger partial charge < -0.3 is 9.52 Å². The van der Waals surface area contributed by atoms with Gasteiger partial charge in [0.2, 0.25) is 5.82 Å². The van der Waals surface area contributed by atoms with Crippen LogP contribution in [0.1, 0.15) is 6.42 Å². The lowest BCUT2D eigenvalue weighted by Gasteiger charge is -1.94. The van der Waals surface area contributed by atoms with Crippen LogP contribution in [0.25, 0.3) is 11.6 Å². The Morgan fingerprint density at radius 1 is 1.60 bits per heavy atom. The molecule has 2 aromatic rings. The van der Waals surface area contributed by atoms with Crippen molar-refractivity contribution in [3.05, 3.63) is 24.7 Å². The third-order valence-corrected chi connectivity index (χ3v) is 1.83. The molecule has 0 atom stereocenters. The van der Waals surface area contributed by atoms with Crippen molar-refractivity contribution >= 4 is 5.97 Å². The molecule has 0 aliphatic rings. The number of aliphatic carboxylic acids is 1. The first-order valence-corrected chi connectivity index (χ1v) is 4.41. The van der Waals surface area contributed by atoms with Gasteiger partial charge in [-0.05, 0) is 12.1 Å². The molecule has 78 valence electrons. The zero-order chi connectivity index (χ0) is 10.7. The summed E-state index contributed by atoms with van der Waals surface area (Å²) in [6.07, 6.45) is 3.05. The van der Waals surface area contributed by atoms with Crippen LogP contribution in [-0.4, -0.2) is 25.8 Å². The zero-order valence-corrected chi connectivity index (χ0v) is 7.83. The van der Waals surface area contributed by atoms with E-state index in [1.807, 2.05) is 0 Å². The molecule has 2 rings (SSSR count). The molecular weight excluding hydrogens is 198 g/mol. The minimum atomic E-state index is -0.856. The van der Waals surface area contributed by atoms with Crippen molar-refractivity contribution in [1.29, 1.82) is 0 Å². The van der Waals surface area contributed by atoms with E-state index >= 15 is 0 Å². The molecule has 6 heteroatoms. The van der Waals surface area contributed by atoms with Gasteiger partial charge in [-0.3, -0.25) is 9.48 Å². The van der Waals surface area contributed by atoms with Crippen molar-refractivity contribution in [2.24, 2.45) is 0 Å². The highest BCUT2D eigenvalue weighted by atomic mass is 16.4. The topological polar surface area (TPSA) is 81.1 Å². The fraction of sp³-hybridized carbons (Fsp3) is 0.222. The molecule has 6 nitrogen and oxygen atoms in total. The van der Waals surface area contributed by atoms with E-state index in [0.29, 0.717) is 18.1 Å². The standard InChI is InChI=1S/C9H9N3O3/c13-8(14)3-4-12-6-10-9(11-12)7-2-1-5-15-7/h1-2,5-6H,3-4H2,(H,13,14). The van der Waals surface area contributed by atoms with Crippen LogP contribution in [0, 0.1) is 0 Å². The number of hydrogen-bond donors (Lipinski definition) is 1. The second kappa shape index (κ2) is 3.95. The Morgan fingerprint density at radius 3 is 3.13 bits per heavy atom. The number of carbonyl (C=O) groups is 1. The summed E-state index contributed by atoms with van der Waals surface area (Å²) < 4.78 is 6.58. The lowest BCUT2D eigenvalue weighted by Crippen LogP contribution is -2.04. The number of rotatable bonds is 4. The van der Waals surface area contributed by atoms with Crippen LogP contribution in [0.3, 0.4) is 0 Å². The summed E-state index contributed by atoms with van der Waals surface area (Å²) in [5, 5.41) is 12.6. The Morgan fingerprint density at radius 2 is 2.47 bits per heavy atom. The zero-order valence-electron chi connectivity index (χ0n) is 7.83. The van der Waals surface area contributed by atoms with Crippen LogP contribution in [0.2, 0.25) is 0 Å². The van der Waals surface area contributed by atoms with E-state index in [1.54, 1.807) is 12.1 Å². The fourth-order valence-electron chi connectivity index (χ4n) is 1.13. The van der Waals surface area contributed by atoms with E-state index < -0.39 is 5.97 Å². The number of aromatic nitrogens is 3. The SMILES string of the molecule is O=C(O)CCn1cnc(-c2ccco2)n1. The van der Waals surface area contributed by atoms with Gasteiger partial charge in [0.1, 0.15) is 6.33 Å². The van der Waals surface area contributed by atoms with Gasteiger partial charge in [0, 0.05) is 0 Å². The summed E-state index contributed by atoms with van der Waals surface area (Å²) >= 11 is 0. The number of furan rings is 1. The van der Waals surface area contributed by atoms with Crippen molar-refractivity contribution in [3.63, 3.8) is 0 Å². The summed E-state index contributed by atoms with van der Waals surface area (Å²) in [6, 6.07) is 3.49. The molecule has 15 heavy (non-hydrogen) atoms. The van der Waals surface area contributed by atoms with Crippen molar-refractivity contribution < 1.29 is 14.3 Å². The Labute approximate surface area is 85.2 Å². The summed E-state index contributed by atoms with van der Waals surface area (Å²) in [7, 11) is 0. The number of aryl methyl sites for hydroxylation is 1. The third-order valence-electron chi connectivity index (χ3n) is 1.83. The van der Waals surface area contributed by atoms with E-state index in [9.17, 15) is 4.79 Å². The van der Waals surface area contributed by atoms with E-state index in [1.165, 1.54) is 17.3 Å². The maximum absolute atomic E-state index is 10.3. The molecule has 0 radical (unpaired) electrons. The van der Waals surface area contributed by atoms with Gasteiger partial charge in [0.05, 0.1) is 19.2 Å². The van der Waals surface area contributed by atoms with Crippen molar-refractivity contribution in [3.8, 4) is 11.6 Å². The number of nitrogens with zero attached hydrogens (tertiary/aromatic N) is 3.